The number of aromatic nitrogens is 2. The highest BCUT2D eigenvalue weighted by Gasteiger charge is 2.18. The molecule has 0 radical (unpaired) electrons. The van der Waals surface area contributed by atoms with Crippen molar-refractivity contribution in [3.63, 3.8) is 0 Å². The third-order valence-corrected chi connectivity index (χ3v) is 4.50. The zero-order chi connectivity index (χ0) is 11.7. The Hall–Kier alpha value is -1.29. The number of aldehydes is 1. The van der Waals surface area contributed by atoms with Crippen LogP contribution in [0.2, 0.25) is 0 Å². The second-order valence-corrected chi connectivity index (χ2v) is 5.63. The molecule has 1 atom stereocenters. The summed E-state index contributed by atoms with van der Waals surface area (Å²) >= 11 is 2.03. The average molecular weight is 246 g/mol. The van der Waals surface area contributed by atoms with E-state index in [2.05, 4.69) is 9.38 Å². The van der Waals surface area contributed by atoms with E-state index in [9.17, 15) is 4.79 Å². The molecule has 88 valence electrons. The molecule has 0 bridgehead atoms. The summed E-state index contributed by atoms with van der Waals surface area (Å²) in [5.41, 5.74) is 1.72. The van der Waals surface area contributed by atoms with Gasteiger partial charge in [0.1, 0.15) is 12.1 Å². The van der Waals surface area contributed by atoms with Crippen LogP contribution < -0.4 is 0 Å². The molecule has 17 heavy (non-hydrogen) atoms. The zero-order valence-corrected chi connectivity index (χ0v) is 10.3. The fourth-order valence-corrected chi connectivity index (χ4v) is 3.58. The number of fused-ring (bicyclic) bond motifs is 1. The molecule has 0 saturated carbocycles. The minimum Gasteiger partial charge on any atom is -0.304 e. The van der Waals surface area contributed by atoms with Crippen molar-refractivity contribution in [1.29, 1.82) is 0 Å². The van der Waals surface area contributed by atoms with Gasteiger partial charge in [0, 0.05) is 18.2 Å². The number of carbonyl (C=O) groups is 1. The highest BCUT2D eigenvalue weighted by molar-refractivity contribution is 7.99. The number of hydrogen-bond donors (Lipinski definition) is 0. The monoisotopic (exact) mass is 246 g/mol. The highest BCUT2D eigenvalue weighted by atomic mass is 32.2. The summed E-state index contributed by atoms with van der Waals surface area (Å²) in [4.78, 5) is 15.2. The predicted molar refractivity (Wildman–Crippen MR) is 69.7 cm³/mol. The normalized spacial score (nSPS) is 19.9. The SMILES string of the molecule is O=Cc1ccn2c(CC3CCSC3)ncc2c1. The van der Waals surface area contributed by atoms with Crippen LogP contribution in [0.5, 0.6) is 0 Å². The fraction of sp³-hybridized carbons (Fsp3) is 0.385. The van der Waals surface area contributed by atoms with Gasteiger partial charge in [-0.05, 0) is 36.0 Å². The Kier molecular flexibility index (Phi) is 2.89. The van der Waals surface area contributed by atoms with Crippen molar-refractivity contribution >= 4 is 23.6 Å². The molecule has 1 unspecified atom stereocenters. The fourth-order valence-electron chi connectivity index (χ4n) is 2.30. The molecule has 0 spiro atoms. The van der Waals surface area contributed by atoms with Gasteiger partial charge in [0.25, 0.3) is 0 Å². The lowest BCUT2D eigenvalue weighted by atomic mass is 10.1. The van der Waals surface area contributed by atoms with E-state index in [4.69, 9.17) is 0 Å². The minimum absolute atomic E-state index is 0.709. The van der Waals surface area contributed by atoms with Gasteiger partial charge in [-0.2, -0.15) is 11.8 Å². The third-order valence-electron chi connectivity index (χ3n) is 3.26. The molecule has 0 aromatic carbocycles. The molecule has 3 rings (SSSR count). The van der Waals surface area contributed by atoms with E-state index < -0.39 is 0 Å². The molecule has 4 heteroatoms. The van der Waals surface area contributed by atoms with Gasteiger partial charge < -0.3 is 4.40 Å². The second-order valence-electron chi connectivity index (χ2n) is 4.48. The number of rotatable bonds is 3. The molecule has 1 fully saturated rings. The molecule has 1 saturated heterocycles. The van der Waals surface area contributed by atoms with Crippen LogP contribution in [0.3, 0.4) is 0 Å². The van der Waals surface area contributed by atoms with Crippen molar-refractivity contribution in [2.24, 2.45) is 5.92 Å². The summed E-state index contributed by atoms with van der Waals surface area (Å²) in [5, 5.41) is 0. The number of nitrogens with zero attached hydrogens (tertiary/aromatic N) is 2. The quantitative estimate of drug-likeness (QED) is 0.780. The number of thioether (sulfide) groups is 1. The van der Waals surface area contributed by atoms with E-state index in [0.29, 0.717) is 5.56 Å². The van der Waals surface area contributed by atoms with Crippen LogP contribution in [0.1, 0.15) is 22.6 Å². The first-order valence-corrected chi connectivity index (χ1v) is 7.01. The van der Waals surface area contributed by atoms with Gasteiger partial charge in [0.05, 0.1) is 11.7 Å². The maximum absolute atomic E-state index is 10.7. The van der Waals surface area contributed by atoms with Crippen LogP contribution in [-0.2, 0) is 6.42 Å². The Labute approximate surface area is 104 Å². The molecule has 0 amide bonds. The first kappa shape index (κ1) is 10.8. The third kappa shape index (κ3) is 2.09. The zero-order valence-electron chi connectivity index (χ0n) is 9.50. The van der Waals surface area contributed by atoms with Crippen LogP contribution in [-0.4, -0.2) is 27.2 Å². The smallest absolute Gasteiger partial charge is 0.150 e. The first-order valence-electron chi connectivity index (χ1n) is 5.86. The van der Waals surface area contributed by atoms with Crippen LogP contribution in [0.4, 0.5) is 0 Å². The van der Waals surface area contributed by atoms with Gasteiger partial charge in [0.2, 0.25) is 0 Å². The Morgan fingerprint density at radius 1 is 1.59 bits per heavy atom. The van der Waals surface area contributed by atoms with Crippen molar-refractivity contribution in [2.75, 3.05) is 11.5 Å². The summed E-state index contributed by atoms with van der Waals surface area (Å²) in [6.07, 6.45) is 7.02. The van der Waals surface area contributed by atoms with Gasteiger partial charge in [-0.15, -0.1) is 0 Å². The van der Waals surface area contributed by atoms with Crippen LogP contribution >= 0.6 is 11.8 Å². The van der Waals surface area contributed by atoms with Crippen molar-refractivity contribution in [3.8, 4) is 0 Å². The minimum atomic E-state index is 0.709. The van der Waals surface area contributed by atoms with Crippen LogP contribution in [0, 0.1) is 5.92 Å². The molecule has 2 aromatic rings. The summed E-state index contributed by atoms with van der Waals surface area (Å²) < 4.78 is 2.09. The Morgan fingerprint density at radius 2 is 2.53 bits per heavy atom. The molecule has 3 nitrogen and oxygen atoms in total. The molecular weight excluding hydrogens is 232 g/mol. The summed E-state index contributed by atoms with van der Waals surface area (Å²) in [6.45, 7) is 0. The predicted octanol–water partition coefficient (Wildman–Crippen LogP) is 2.44. The van der Waals surface area contributed by atoms with E-state index in [1.165, 1.54) is 17.9 Å². The number of hydrogen-bond acceptors (Lipinski definition) is 3. The molecule has 2 aromatic heterocycles. The van der Waals surface area contributed by atoms with Crippen molar-refractivity contribution < 1.29 is 4.79 Å². The molecular formula is C13H14N2OS. The maximum Gasteiger partial charge on any atom is 0.150 e. The van der Waals surface area contributed by atoms with Gasteiger partial charge in [-0.25, -0.2) is 4.98 Å². The molecule has 0 aliphatic carbocycles. The van der Waals surface area contributed by atoms with Crippen molar-refractivity contribution in [3.05, 3.63) is 35.9 Å². The lowest BCUT2D eigenvalue weighted by molar-refractivity contribution is 0.112. The van der Waals surface area contributed by atoms with E-state index in [-0.39, 0.29) is 0 Å². The lowest BCUT2D eigenvalue weighted by Crippen LogP contribution is -2.06. The Balaban J connectivity index is 1.91. The summed E-state index contributed by atoms with van der Waals surface area (Å²) in [5.74, 6) is 4.41. The van der Waals surface area contributed by atoms with E-state index >= 15 is 0 Å². The molecule has 1 aliphatic heterocycles. The van der Waals surface area contributed by atoms with Gasteiger partial charge in [0.15, 0.2) is 0 Å². The molecule has 0 N–H and O–H groups in total. The van der Waals surface area contributed by atoms with Gasteiger partial charge in [-0.1, -0.05) is 0 Å². The first-order chi connectivity index (χ1) is 8.36. The summed E-state index contributed by atoms with van der Waals surface area (Å²) in [6, 6.07) is 3.72. The van der Waals surface area contributed by atoms with Crippen LogP contribution in [0.15, 0.2) is 24.5 Å². The average Bonchev–Trinajstić information content (AvgIpc) is 2.99. The van der Waals surface area contributed by atoms with E-state index in [0.717, 1.165) is 30.0 Å². The number of imidazole rings is 1. The molecule has 1 aliphatic rings. The van der Waals surface area contributed by atoms with Crippen molar-refractivity contribution in [2.45, 2.75) is 12.8 Å². The Morgan fingerprint density at radius 3 is 3.29 bits per heavy atom. The van der Waals surface area contributed by atoms with Gasteiger partial charge >= 0.3 is 0 Å². The van der Waals surface area contributed by atoms with Crippen LogP contribution in [0.25, 0.3) is 5.52 Å². The largest absolute Gasteiger partial charge is 0.304 e. The number of carbonyl (C=O) groups excluding carboxylic acids is 1. The standard InChI is InChI=1S/C13H14N2OS/c16-8-10-1-3-15-12(5-10)7-14-13(15)6-11-2-4-17-9-11/h1,3,5,7-8,11H,2,4,6,9H2. The van der Waals surface area contributed by atoms with Gasteiger partial charge in [-0.3, -0.25) is 4.79 Å². The topological polar surface area (TPSA) is 34.4 Å². The van der Waals surface area contributed by atoms with Crippen molar-refractivity contribution in [1.82, 2.24) is 9.38 Å². The van der Waals surface area contributed by atoms with E-state index in [1.54, 1.807) is 0 Å². The van der Waals surface area contributed by atoms with E-state index in [1.807, 2.05) is 36.3 Å². The maximum atomic E-state index is 10.7. The highest BCUT2D eigenvalue weighted by Crippen LogP contribution is 2.26. The summed E-state index contributed by atoms with van der Waals surface area (Å²) in [7, 11) is 0. The lowest BCUT2D eigenvalue weighted by Gasteiger charge is -2.07. The Bertz CT molecular complexity index is 543. The molecule has 3 heterocycles. The number of pyridine rings is 1. The second kappa shape index (κ2) is 4.53.